The van der Waals surface area contributed by atoms with Crippen LogP contribution in [0.15, 0.2) is 48.3 Å². The number of alkyl carbamates (subject to hydrolysis) is 1. The predicted molar refractivity (Wildman–Crippen MR) is 140 cm³/mol. The molecule has 2 aliphatic heterocycles. The number of rotatable bonds is 8. The van der Waals surface area contributed by atoms with Crippen molar-refractivity contribution in [2.75, 3.05) is 38.4 Å². The Balaban J connectivity index is 1.57. The molecule has 0 aliphatic carbocycles. The first kappa shape index (κ1) is 27.9. The summed E-state index contributed by atoms with van der Waals surface area (Å²) in [6.45, 7) is 1.43. The van der Waals surface area contributed by atoms with Crippen molar-refractivity contribution >= 4 is 41.4 Å². The molecule has 0 aromatic heterocycles. The number of amides is 6. The van der Waals surface area contributed by atoms with Crippen molar-refractivity contribution < 1.29 is 23.9 Å². The summed E-state index contributed by atoms with van der Waals surface area (Å²) >= 11 is 5.85. The number of carbonyl (C=O) groups excluding carboxylic acids is 4. The molecule has 1 unspecified atom stereocenters. The molecule has 1 aromatic carbocycles. The fourth-order valence-corrected chi connectivity index (χ4v) is 4.52. The first-order valence-corrected chi connectivity index (χ1v) is 12.6. The molecule has 0 spiro atoms. The van der Waals surface area contributed by atoms with Crippen molar-refractivity contribution in [1.82, 2.24) is 25.8 Å². The van der Waals surface area contributed by atoms with Gasteiger partial charge in [0.15, 0.2) is 0 Å². The van der Waals surface area contributed by atoms with Gasteiger partial charge in [-0.25, -0.2) is 14.4 Å². The van der Waals surface area contributed by atoms with E-state index in [2.05, 4.69) is 21.3 Å². The third-order valence-electron chi connectivity index (χ3n) is 6.35. The molecule has 1 saturated heterocycles. The molecule has 1 atom stereocenters. The highest BCUT2D eigenvalue weighted by molar-refractivity contribution is 6.19. The van der Waals surface area contributed by atoms with Crippen LogP contribution in [-0.2, 0) is 16.1 Å². The number of allylic oxidation sites excluding steroid dienone is 2. The first-order valence-electron chi connectivity index (χ1n) is 12.1. The Morgan fingerprint density at radius 2 is 1.92 bits per heavy atom. The van der Waals surface area contributed by atoms with Gasteiger partial charge in [-0.3, -0.25) is 4.79 Å². The average Bonchev–Trinajstić information content (AvgIpc) is 2.91. The van der Waals surface area contributed by atoms with Crippen molar-refractivity contribution in [3.05, 3.63) is 53.8 Å². The fourth-order valence-electron chi connectivity index (χ4n) is 4.32. The number of carbonyl (C=O) groups is 4. The van der Waals surface area contributed by atoms with E-state index in [0.29, 0.717) is 38.0 Å². The summed E-state index contributed by atoms with van der Waals surface area (Å²) in [5.74, 6) is -0.191. The molecule has 37 heavy (non-hydrogen) atoms. The molecule has 0 bridgehead atoms. The molecule has 1 fully saturated rings. The number of ether oxygens (including phenoxy) is 1. The summed E-state index contributed by atoms with van der Waals surface area (Å²) in [6, 6.07) is 6.37. The molecule has 2 heterocycles. The zero-order chi connectivity index (χ0) is 26.8. The third-order valence-corrected chi connectivity index (χ3v) is 6.51. The molecule has 0 radical (unpaired) electrons. The van der Waals surface area contributed by atoms with Crippen LogP contribution in [0.4, 0.5) is 20.1 Å². The van der Waals surface area contributed by atoms with Crippen molar-refractivity contribution in [3.63, 3.8) is 0 Å². The number of likely N-dealkylation sites (N-methyl/N-ethyl adjacent to an activating group) is 1. The number of para-hydroxylation sites is 1. The van der Waals surface area contributed by atoms with E-state index >= 15 is 0 Å². The Morgan fingerprint density at radius 3 is 2.59 bits per heavy atom. The molecule has 200 valence electrons. The normalized spacial score (nSPS) is 17.1. The highest BCUT2D eigenvalue weighted by atomic mass is 35.5. The zero-order valence-corrected chi connectivity index (χ0v) is 21.7. The Labute approximate surface area is 221 Å². The maximum atomic E-state index is 13.0. The number of anilines is 1. The summed E-state index contributed by atoms with van der Waals surface area (Å²) in [4.78, 5) is 52.9. The smallest absolute Gasteiger partial charge is 0.411 e. The van der Waals surface area contributed by atoms with E-state index in [1.807, 2.05) is 29.2 Å². The van der Waals surface area contributed by atoms with Crippen LogP contribution in [0.1, 0.15) is 24.8 Å². The summed E-state index contributed by atoms with van der Waals surface area (Å²) in [5, 5.41) is 10.6. The molecule has 2 aliphatic rings. The van der Waals surface area contributed by atoms with Crippen LogP contribution in [0.25, 0.3) is 0 Å². The molecular weight excluding hydrogens is 500 g/mol. The number of piperidine rings is 1. The lowest BCUT2D eigenvalue weighted by Gasteiger charge is -2.40. The second-order valence-electron chi connectivity index (χ2n) is 8.65. The lowest BCUT2D eigenvalue weighted by molar-refractivity contribution is -0.122. The molecule has 3 rings (SSSR count). The standard InChI is InChI=1S/C25H33ClN6O5/c1-27-22(33)21(15-17(7-11-26)10-14-37-25(36)28-2)30-23(34)31-12-8-19(9-13-31)32-16-18-5-3-4-6-20(18)29-24(32)35/h3-7,10,14,19,21H,8-9,11-13,15-16H2,1-2H3,(H,27,33)(H,28,36)(H,29,35)(H,30,34)/b14-10+,17-7+. The van der Waals surface area contributed by atoms with Gasteiger partial charge in [0.2, 0.25) is 5.91 Å². The second-order valence-corrected chi connectivity index (χ2v) is 8.95. The number of halogens is 1. The average molecular weight is 533 g/mol. The Kier molecular flexibility index (Phi) is 10.2. The van der Waals surface area contributed by atoms with Gasteiger partial charge < -0.3 is 35.8 Å². The number of fused-ring (bicyclic) bond motifs is 1. The van der Waals surface area contributed by atoms with Crippen LogP contribution in [0.5, 0.6) is 0 Å². The number of likely N-dealkylation sites (tertiary alicyclic amines) is 1. The lowest BCUT2D eigenvalue weighted by atomic mass is 10.0. The largest absolute Gasteiger partial charge is 0.418 e. The Hall–Kier alpha value is -3.73. The van der Waals surface area contributed by atoms with E-state index in [1.165, 1.54) is 26.4 Å². The number of nitrogens with one attached hydrogen (secondary N) is 4. The van der Waals surface area contributed by atoms with Gasteiger partial charge >= 0.3 is 18.2 Å². The van der Waals surface area contributed by atoms with Crippen LogP contribution < -0.4 is 21.3 Å². The van der Waals surface area contributed by atoms with Crippen molar-refractivity contribution in [2.45, 2.75) is 37.9 Å². The van der Waals surface area contributed by atoms with Crippen molar-refractivity contribution in [3.8, 4) is 0 Å². The van der Waals surface area contributed by atoms with Crippen LogP contribution in [0, 0.1) is 0 Å². The molecule has 11 nitrogen and oxygen atoms in total. The monoisotopic (exact) mass is 532 g/mol. The predicted octanol–water partition coefficient (Wildman–Crippen LogP) is 2.75. The summed E-state index contributed by atoms with van der Waals surface area (Å²) < 4.78 is 4.86. The van der Waals surface area contributed by atoms with E-state index in [9.17, 15) is 19.2 Å². The number of nitrogens with zero attached hydrogens (tertiary/aromatic N) is 2. The molecule has 12 heteroatoms. The summed E-state index contributed by atoms with van der Waals surface area (Å²) in [5.41, 5.74) is 2.51. The van der Waals surface area contributed by atoms with E-state index in [-0.39, 0.29) is 36.3 Å². The molecule has 0 saturated carbocycles. The van der Waals surface area contributed by atoms with Gasteiger partial charge in [0, 0.05) is 57.8 Å². The van der Waals surface area contributed by atoms with Gasteiger partial charge in [-0.05, 0) is 36.1 Å². The Bertz CT molecular complexity index is 1050. The number of benzene rings is 1. The van der Waals surface area contributed by atoms with Crippen LogP contribution in [-0.4, -0.2) is 79.0 Å². The minimum Gasteiger partial charge on any atom is -0.418 e. The summed E-state index contributed by atoms with van der Waals surface area (Å²) in [7, 11) is 2.93. The topological polar surface area (TPSA) is 132 Å². The van der Waals surface area contributed by atoms with E-state index in [4.69, 9.17) is 16.3 Å². The minimum absolute atomic E-state index is 0.0101. The zero-order valence-electron chi connectivity index (χ0n) is 21.0. The van der Waals surface area contributed by atoms with Gasteiger partial charge in [-0.2, -0.15) is 0 Å². The first-order chi connectivity index (χ1) is 17.9. The molecule has 6 amide bonds. The SMILES string of the molecule is CNC(=O)O/C=C/C(=C\CCl)CC(NC(=O)N1CCC(N2Cc3ccccc3NC2=O)CC1)C(=O)NC. The van der Waals surface area contributed by atoms with E-state index in [1.54, 1.807) is 11.0 Å². The molecule has 1 aromatic rings. The van der Waals surface area contributed by atoms with Gasteiger partial charge in [0.05, 0.1) is 6.26 Å². The number of hydrogen-bond donors (Lipinski definition) is 4. The van der Waals surface area contributed by atoms with E-state index < -0.39 is 12.1 Å². The third kappa shape index (κ3) is 7.63. The van der Waals surface area contributed by atoms with Crippen LogP contribution >= 0.6 is 11.6 Å². The number of urea groups is 2. The van der Waals surface area contributed by atoms with Gasteiger partial charge in [-0.1, -0.05) is 24.3 Å². The quantitative estimate of drug-likeness (QED) is 0.232. The second kappa shape index (κ2) is 13.5. The van der Waals surface area contributed by atoms with Gasteiger partial charge in [0.1, 0.15) is 6.04 Å². The van der Waals surface area contributed by atoms with Crippen molar-refractivity contribution in [1.29, 1.82) is 0 Å². The fraction of sp³-hybridized carbons (Fsp3) is 0.440. The maximum absolute atomic E-state index is 13.0. The highest BCUT2D eigenvalue weighted by Gasteiger charge is 2.33. The van der Waals surface area contributed by atoms with Gasteiger partial charge in [-0.15, -0.1) is 11.6 Å². The van der Waals surface area contributed by atoms with Crippen molar-refractivity contribution in [2.24, 2.45) is 0 Å². The number of hydrogen-bond acceptors (Lipinski definition) is 5. The Morgan fingerprint density at radius 1 is 1.19 bits per heavy atom. The van der Waals surface area contributed by atoms with Crippen LogP contribution in [0.3, 0.4) is 0 Å². The summed E-state index contributed by atoms with van der Waals surface area (Å²) in [6.07, 6.45) is 5.16. The number of alkyl halides is 1. The maximum Gasteiger partial charge on any atom is 0.411 e. The van der Waals surface area contributed by atoms with Gasteiger partial charge in [0.25, 0.3) is 0 Å². The molecular formula is C25H33ClN6O5. The minimum atomic E-state index is -0.862. The lowest BCUT2D eigenvalue weighted by Crippen LogP contribution is -2.55. The highest BCUT2D eigenvalue weighted by Crippen LogP contribution is 2.27. The van der Waals surface area contributed by atoms with Crippen LogP contribution in [0.2, 0.25) is 0 Å². The molecule has 4 N–H and O–H groups in total. The van der Waals surface area contributed by atoms with E-state index in [0.717, 1.165) is 11.3 Å².